The van der Waals surface area contributed by atoms with Gasteiger partial charge in [-0.25, -0.2) is 0 Å². The van der Waals surface area contributed by atoms with Crippen molar-refractivity contribution in [1.29, 1.82) is 0 Å². The van der Waals surface area contributed by atoms with E-state index in [9.17, 15) is 0 Å². The molecule has 2 nitrogen and oxygen atoms in total. The van der Waals surface area contributed by atoms with E-state index in [4.69, 9.17) is 5.73 Å². The van der Waals surface area contributed by atoms with Gasteiger partial charge in [-0.3, -0.25) is 4.90 Å². The summed E-state index contributed by atoms with van der Waals surface area (Å²) in [4.78, 5) is 2.48. The standard InChI is InChI=1S/C14H24N2S/c1-3-16(9-6-10-17-4-2)12-13-7-5-8-14(15)11-13/h5,7-8,11H,3-4,6,9-10,12,15H2,1-2H3. The third-order valence-corrected chi connectivity index (χ3v) is 3.76. The fourth-order valence-electron chi connectivity index (χ4n) is 1.83. The monoisotopic (exact) mass is 252 g/mol. The molecule has 0 radical (unpaired) electrons. The molecule has 0 aromatic heterocycles. The Bertz CT molecular complexity index is 315. The van der Waals surface area contributed by atoms with Gasteiger partial charge >= 0.3 is 0 Å². The van der Waals surface area contributed by atoms with Crippen molar-refractivity contribution in [2.75, 3.05) is 30.3 Å². The Morgan fingerprint density at radius 3 is 2.76 bits per heavy atom. The van der Waals surface area contributed by atoms with E-state index in [0.717, 1.165) is 18.8 Å². The van der Waals surface area contributed by atoms with Crippen molar-refractivity contribution >= 4 is 17.4 Å². The highest BCUT2D eigenvalue weighted by Crippen LogP contribution is 2.10. The molecule has 3 heteroatoms. The maximum atomic E-state index is 5.79. The van der Waals surface area contributed by atoms with Crippen LogP contribution in [0.15, 0.2) is 24.3 Å². The van der Waals surface area contributed by atoms with E-state index in [1.165, 1.54) is 30.0 Å². The maximum Gasteiger partial charge on any atom is 0.0317 e. The lowest BCUT2D eigenvalue weighted by Crippen LogP contribution is -2.24. The summed E-state index contributed by atoms with van der Waals surface area (Å²) in [7, 11) is 0. The normalized spacial score (nSPS) is 11.0. The summed E-state index contributed by atoms with van der Waals surface area (Å²) in [5.74, 6) is 2.49. The Hall–Kier alpha value is -0.670. The summed E-state index contributed by atoms with van der Waals surface area (Å²) in [6.07, 6.45) is 1.27. The van der Waals surface area contributed by atoms with Gasteiger partial charge in [0.25, 0.3) is 0 Å². The molecule has 0 aliphatic rings. The lowest BCUT2D eigenvalue weighted by atomic mass is 10.2. The van der Waals surface area contributed by atoms with Crippen molar-refractivity contribution < 1.29 is 0 Å². The minimum Gasteiger partial charge on any atom is -0.399 e. The van der Waals surface area contributed by atoms with Gasteiger partial charge in [0, 0.05) is 12.2 Å². The van der Waals surface area contributed by atoms with Gasteiger partial charge in [-0.1, -0.05) is 26.0 Å². The number of rotatable bonds is 8. The number of nitrogens with two attached hydrogens (primary N) is 1. The van der Waals surface area contributed by atoms with E-state index >= 15 is 0 Å². The molecular formula is C14H24N2S. The molecule has 17 heavy (non-hydrogen) atoms. The van der Waals surface area contributed by atoms with Crippen LogP contribution in [0.4, 0.5) is 5.69 Å². The molecule has 0 saturated carbocycles. The smallest absolute Gasteiger partial charge is 0.0317 e. The molecule has 1 aromatic rings. The topological polar surface area (TPSA) is 29.3 Å². The largest absolute Gasteiger partial charge is 0.399 e. The molecule has 0 saturated heterocycles. The number of anilines is 1. The van der Waals surface area contributed by atoms with Crippen molar-refractivity contribution in [3.05, 3.63) is 29.8 Å². The zero-order valence-electron chi connectivity index (χ0n) is 11.0. The van der Waals surface area contributed by atoms with E-state index in [2.05, 4.69) is 30.9 Å². The fraction of sp³-hybridized carbons (Fsp3) is 0.571. The molecule has 0 heterocycles. The summed E-state index contributed by atoms with van der Waals surface area (Å²) in [6.45, 7) is 7.73. The van der Waals surface area contributed by atoms with Crippen LogP contribution in [0.1, 0.15) is 25.8 Å². The van der Waals surface area contributed by atoms with Gasteiger partial charge in [0.2, 0.25) is 0 Å². The quantitative estimate of drug-likeness (QED) is 0.569. The number of benzene rings is 1. The van der Waals surface area contributed by atoms with Crippen LogP contribution in [-0.2, 0) is 6.54 Å². The summed E-state index contributed by atoms with van der Waals surface area (Å²) in [5, 5.41) is 0. The fourth-order valence-corrected chi connectivity index (χ4v) is 2.46. The van der Waals surface area contributed by atoms with Gasteiger partial charge < -0.3 is 5.73 Å². The summed E-state index contributed by atoms with van der Waals surface area (Å²) < 4.78 is 0. The van der Waals surface area contributed by atoms with E-state index in [1.807, 2.05) is 23.9 Å². The first kappa shape index (κ1) is 14.4. The Balaban J connectivity index is 2.35. The molecule has 0 aliphatic heterocycles. The Kier molecular flexibility index (Phi) is 7.13. The molecule has 0 unspecified atom stereocenters. The highest BCUT2D eigenvalue weighted by atomic mass is 32.2. The van der Waals surface area contributed by atoms with E-state index < -0.39 is 0 Å². The summed E-state index contributed by atoms with van der Waals surface area (Å²) >= 11 is 2.02. The summed E-state index contributed by atoms with van der Waals surface area (Å²) in [5.41, 5.74) is 7.97. The van der Waals surface area contributed by atoms with Crippen molar-refractivity contribution in [2.24, 2.45) is 0 Å². The van der Waals surface area contributed by atoms with E-state index in [-0.39, 0.29) is 0 Å². The van der Waals surface area contributed by atoms with Gasteiger partial charge in [-0.15, -0.1) is 0 Å². The predicted octanol–water partition coefficient (Wildman–Crippen LogP) is 3.23. The highest BCUT2D eigenvalue weighted by molar-refractivity contribution is 7.99. The van der Waals surface area contributed by atoms with Crippen LogP contribution in [-0.4, -0.2) is 29.5 Å². The molecule has 2 N–H and O–H groups in total. The highest BCUT2D eigenvalue weighted by Gasteiger charge is 2.03. The van der Waals surface area contributed by atoms with Crippen LogP contribution in [0.5, 0.6) is 0 Å². The van der Waals surface area contributed by atoms with Crippen LogP contribution in [0.3, 0.4) is 0 Å². The van der Waals surface area contributed by atoms with Gasteiger partial charge in [0.15, 0.2) is 0 Å². The first-order valence-electron chi connectivity index (χ1n) is 6.40. The van der Waals surface area contributed by atoms with Crippen LogP contribution in [0.2, 0.25) is 0 Å². The Morgan fingerprint density at radius 2 is 2.12 bits per heavy atom. The summed E-state index contributed by atoms with van der Waals surface area (Å²) in [6, 6.07) is 8.20. The maximum absolute atomic E-state index is 5.79. The molecule has 1 rings (SSSR count). The van der Waals surface area contributed by atoms with Crippen molar-refractivity contribution in [3.8, 4) is 0 Å². The van der Waals surface area contributed by atoms with Crippen molar-refractivity contribution in [3.63, 3.8) is 0 Å². The predicted molar refractivity (Wildman–Crippen MR) is 79.4 cm³/mol. The Labute approximate surface area is 110 Å². The average molecular weight is 252 g/mol. The van der Waals surface area contributed by atoms with Gasteiger partial charge in [-0.2, -0.15) is 11.8 Å². The molecule has 0 amide bonds. The molecule has 0 bridgehead atoms. The molecule has 0 fully saturated rings. The first-order chi connectivity index (χ1) is 8.26. The van der Waals surface area contributed by atoms with Gasteiger partial charge in [0.05, 0.1) is 0 Å². The van der Waals surface area contributed by atoms with Crippen LogP contribution in [0, 0.1) is 0 Å². The van der Waals surface area contributed by atoms with Crippen LogP contribution >= 0.6 is 11.8 Å². The minimum absolute atomic E-state index is 0.861. The second-order valence-electron chi connectivity index (χ2n) is 4.16. The van der Waals surface area contributed by atoms with Crippen molar-refractivity contribution in [1.82, 2.24) is 4.90 Å². The molecule has 0 spiro atoms. The SMILES string of the molecule is CCSCCCN(CC)Cc1cccc(N)c1. The second-order valence-corrected chi connectivity index (χ2v) is 5.56. The first-order valence-corrected chi connectivity index (χ1v) is 7.56. The molecule has 0 atom stereocenters. The average Bonchev–Trinajstić information content (AvgIpc) is 2.33. The van der Waals surface area contributed by atoms with E-state index in [0.29, 0.717) is 0 Å². The second kappa shape index (κ2) is 8.43. The lowest BCUT2D eigenvalue weighted by molar-refractivity contribution is 0.281. The molecule has 96 valence electrons. The Morgan fingerprint density at radius 1 is 1.29 bits per heavy atom. The number of nitrogens with zero attached hydrogens (tertiary/aromatic N) is 1. The van der Waals surface area contributed by atoms with Crippen LogP contribution < -0.4 is 5.73 Å². The third-order valence-electron chi connectivity index (χ3n) is 2.77. The van der Waals surface area contributed by atoms with E-state index in [1.54, 1.807) is 0 Å². The zero-order chi connectivity index (χ0) is 12.5. The van der Waals surface area contributed by atoms with Gasteiger partial charge in [0.1, 0.15) is 0 Å². The molecule has 0 aliphatic carbocycles. The number of hydrogen-bond acceptors (Lipinski definition) is 3. The molecule has 1 aromatic carbocycles. The zero-order valence-corrected chi connectivity index (χ0v) is 11.8. The van der Waals surface area contributed by atoms with Crippen molar-refractivity contribution in [2.45, 2.75) is 26.8 Å². The minimum atomic E-state index is 0.861. The molecular weight excluding hydrogens is 228 g/mol. The van der Waals surface area contributed by atoms with Crippen LogP contribution in [0.25, 0.3) is 0 Å². The number of hydrogen-bond donors (Lipinski definition) is 1. The van der Waals surface area contributed by atoms with Gasteiger partial charge in [-0.05, 0) is 48.7 Å². The number of nitrogen functional groups attached to an aromatic ring is 1. The third kappa shape index (κ3) is 5.99. The number of thioether (sulfide) groups is 1. The lowest BCUT2D eigenvalue weighted by Gasteiger charge is -2.20.